The predicted molar refractivity (Wildman–Crippen MR) is 62.8 cm³/mol. The molecule has 17 heavy (non-hydrogen) atoms. The van der Waals surface area contributed by atoms with E-state index >= 15 is 0 Å². The van der Waals surface area contributed by atoms with Gasteiger partial charge in [-0.2, -0.15) is 0 Å². The van der Waals surface area contributed by atoms with Crippen molar-refractivity contribution in [2.24, 2.45) is 5.73 Å². The first-order chi connectivity index (χ1) is 8.08. The number of amides is 1. The highest BCUT2D eigenvalue weighted by Gasteiger charge is 2.11. The number of nitrogens with one attached hydrogen (secondary N) is 1. The number of carbonyl (C=O) groups is 1. The van der Waals surface area contributed by atoms with E-state index in [9.17, 15) is 4.79 Å². The lowest BCUT2D eigenvalue weighted by Crippen LogP contribution is -2.13. The largest absolute Gasteiger partial charge is 0.435 e. The minimum absolute atomic E-state index is 0.209. The second-order valence-corrected chi connectivity index (χ2v) is 3.57. The van der Waals surface area contributed by atoms with Crippen LogP contribution in [0.15, 0.2) is 24.3 Å². The summed E-state index contributed by atoms with van der Waals surface area (Å²) >= 11 is 0. The van der Waals surface area contributed by atoms with Crippen molar-refractivity contribution in [3.05, 3.63) is 35.5 Å². The van der Waals surface area contributed by atoms with Gasteiger partial charge in [-0.1, -0.05) is 6.07 Å². The molecule has 88 valence electrons. The van der Waals surface area contributed by atoms with E-state index in [4.69, 9.17) is 16.2 Å². The fourth-order valence-electron chi connectivity index (χ4n) is 1.41. The number of ether oxygens (including phenoxy) is 1. The Kier molecular flexibility index (Phi) is 2.70. The highest BCUT2D eigenvalue weighted by molar-refractivity contribution is 5.99. The van der Waals surface area contributed by atoms with Gasteiger partial charge in [-0.3, -0.25) is 9.89 Å². The molecule has 0 aliphatic rings. The molecule has 0 aliphatic heterocycles. The van der Waals surface area contributed by atoms with Crippen LogP contribution in [0.2, 0.25) is 0 Å². The average Bonchev–Trinajstić information content (AvgIpc) is 2.67. The number of aryl methyl sites for hydroxylation is 1. The third kappa shape index (κ3) is 2.20. The van der Waals surface area contributed by atoms with Crippen molar-refractivity contribution in [1.29, 1.82) is 0 Å². The van der Waals surface area contributed by atoms with Gasteiger partial charge >= 0.3 is 0 Å². The molecule has 0 saturated carbocycles. The van der Waals surface area contributed by atoms with E-state index < -0.39 is 5.91 Å². The van der Waals surface area contributed by atoms with Gasteiger partial charge in [-0.15, -0.1) is 5.10 Å². The van der Waals surface area contributed by atoms with Gasteiger partial charge < -0.3 is 16.2 Å². The average molecular weight is 232 g/mol. The number of aromatic nitrogens is 2. The van der Waals surface area contributed by atoms with E-state index in [0.29, 0.717) is 11.6 Å². The first kappa shape index (κ1) is 11.0. The van der Waals surface area contributed by atoms with Gasteiger partial charge in [-0.25, -0.2) is 0 Å². The Morgan fingerprint density at radius 2 is 2.24 bits per heavy atom. The van der Waals surface area contributed by atoms with Gasteiger partial charge in [0.1, 0.15) is 0 Å². The molecule has 0 atom stereocenters. The quantitative estimate of drug-likeness (QED) is 0.691. The SMILES string of the molecule is Cc1cc(Oc2cccc(C(N)=O)c2N)n[nH]1. The van der Waals surface area contributed by atoms with Crippen LogP contribution in [0.1, 0.15) is 16.1 Å². The highest BCUT2D eigenvalue weighted by atomic mass is 16.5. The number of H-pyrrole nitrogens is 1. The third-order valence-electron chi connectivity index (χ3n) is 2.23. The van der Waals surface area contributed by atoms with E-state index in [-0.39, 0.29) is 11.3 Å². The number of primary amides is 1. The second-order valence-electron chi connectivity index (χ2n) is 3.57. The first-order valence-electron chi connectivity index (χ1n) is 4.96. The van der Waals surface area contributed by atoms with Gasteiger partial charge in [0.05, 0.1) is 11.3 Å². The maximum atomic E-state index is 11.1. The van der Waals surface area contributed by atoms with Crippen LogP contribution in [-0.4, -0.2) is 16.1 Å². The molecule has 0 fully saturated rings. The lowest BCUT2D eigenvalue weighted by molar-refractivity contribution is 0.100. The zero-order chi connectivity index (χ0) is 12.4. The molecule has 0 radical (unpaired) electrons. The molecular formula is C11H12N4O2. The van der Waals surface area contributed by atoms with E-state index in [0.717, 1.165) is 5.69 Å². The number of benzene rings is 1. The molecule has 1 amide bonds. The van der Waals surface area contributed by atoms with E-state index in [1.54, 1.807) is 24.3 Å². The monoisotopic (exact) mass is 232 g/mol. The molecule has 0 saturated heterocycles. The number of hydrogen-bond donors (Lipinski definition) is 3. The molecule has 0 unspecified atom stereocenters. The molecule has 2 aromatic rings. The Labute approximate surface area is 97.6 Å². The molecule has 2 rings (SSSR count). The molecule has 6 nitrogen and oxygen atoms in total. The zero-order valence-electron chi connectivity index (χ0n) is 9.23. The van der Waals surface area contributed by atoms with Gasteiger partial charge in [-0.05, 0) is 19.1 Å². The number of rotatable bonds is 3. The van der Waals surface area contributed by atoms with Crippen molar-refractivity contribution >= 4 is 11.6 Å². The maximum Gasteiger partial charge on any atom is 0.250 e. The molecule has 0 aliphatic carbocycles. The minimum atomic E-state index is -0.592. The topological polar surface area (TPSA) is 107 Å². The van der Waals surface area contributed by atoms with Crippen LogP contribution in [0.4, 0.5) is 5.69 Å². The Morgan fingerprint density at radius 1 is 1.47 bits per heavy atom. The number of nitrogens with two attached hydrogens (primary N) is 2. The Hall–Kier alpha value is -2.50. The van der Waals surface area contributed by atoms with Crippen LogP contribution in [0.5, 0.6) is 11.6 Å². The Bertz CT molecular complexity index is 562. The molecular weight excluding hydrogens is 220 g/mol. The molecule has 0 spiro atoms. The van der Waals surface area contributed by atoms with Crippen LogP contribution >= 0.6 is 0 Å². The smallest absolute Gasteiger partial charge is 0.250 e. The number of nitrogen functional groups attached to an aromatic ring is 1. The summed E-state index contributed by atoms with van der Waals surface area (Å²) in [5.74, 6) is 0.148. The molecule has 1 aromatic heterocycles. The number of nitrogens with zero attached hydrogens (tertiary/aromatic N) is 1. The summed E-state index contributed by atoms with van der Waals surface area (Å²) in [6, 6.07) is 6.55. The molecule has 0 bridgehead atoms. The minimum Gasteiger partial charge on any atom is -0.435 e. The summed E-state index contributed by atoms with van der Waals surface area (Å²) in [4.78, 5) is 11.1. The summed E-state index contributed by atoms with van der Waals surface area (Å²) in [7, 11) is 0. The van der Waals surface area contributed by atoms with Crippen molar-refractivity contribution < 1.29 is 9.53 Å². The summed E-state index contributed by atoms with van der Waals surface area (Å²) in [5.41, 5.74) is 12.3. The maximum absolute atomic E-state index is 11.1. The first-order valence-corrected chi connectivity index (χ1v) is 4.96. The van der Waals surface area contributed by atoms with Gasteiger partial charge in [0, 0.05) is 11.8 Å². The number of anilines is 1. The second kappa shape index (κ2) is 4.17. The number of para-hydroxylation sites is 1. The molecule has 1 aromatic carbocycles. The Morgan fingerprint density at radius 3 is 2.82 bits per heavy atom. The highest BCUT2D eigenvalue weighted by Crippen LogP contribution is 2.28. The number of aromatic amines is 1. The van der Waals surface area contributed by atoms with Crippen molar-refractivity contribution in [3.63, 3.8) is 0 Å². The predicted octanol–water partition coefficient (Wildman–Crippen LogP) is 1.19. The lowest BCUT2D eigenvalue weighted by atomic mass is 10.1. The van der Waals surface area contributed by atoms with E-state index in [1.165, 1.54) is 0 Å². The summed E-state index contributed by atoms with van der Waals surface area (Å²) in [6.45, 7) is 1.85. The summed E-state index contributed by atoms with van der Waals surface area (Å²) in [6.07, 6.45) is 0. The summed E-state index contributed by atoms with van der Waals surface area (Å²) in [5, 5.41) is 6.65. The fourth-order valence-corrected chi connectivity index (χ4v) is 1.41. The molecule has 6 heteroatoms. The van der Waals surface area contributed by atoms with Crippen LogP contribution < -0.4 is 16.2 Å². The van der Waals surface area contributed by atoms with Crippen molar-refractivity contribution in [2.75, 3.05) is 5.73 Å². The zero-order valence-corrected chi connectivity index (χ0v) is 9.23. The molecule has 5 N–H and O–H groups in total. The lowest BCUT2D eigenvalue weighted by Gasteiger charge is -2.08. The third-order valence-corrected chi connectivity index (χ3v) is 2.23. The van der Waals surface area contributed by atoms with Crippen molar-refractivity contribution in [2.45, 2.75) is 6.92 Å². The van der Waals surface area contributed by atoms with Crippen molar-refractivity contribution in [1.82, 2.24) is 10.2 Å². The van der Waals surface area contributed by atoms with Crippen LogP contribution in [0.25, 0.3) is 0 Å². The van der Waals surface area contributed by atoms with Crippen molar-refractivity contribution in [3.8, 4) is 11.6 Å². The van der Waals surface area contributed by atoms with Gasteiger partial charge in [0.25, 0.3) is 5.91 Å². The van der Waals surface area contributed by atoms with E-state index in [1.807, 2.05) is 6.92 Å². The molecule has 1 heterocycles. The normalized spacial score (nSPS) is 10.2. The standard InChI is InChI=1S/C11H12N4O2/c1-6-5-9(15-14-6)17-8-4-2-3-7(10(8)12)11(13)16/h2-5H,12H2,1H3,(H2,13,16)(H,14,15). The van der Waals surface area contributed by atoms with Gasteiger partial charge in [0.2, 0.25) is 5.88 Å². The van der Waals surface area contributed by atoms with Crippen LogP contribution in [0, 0.1) is 6.92 Å². The van der Waals surface area contributed by atoms with E-state index in [2.05, 4.69) is 10.2 Å². The Balaban J connectivity index is 2.33. The summed E-state index contributed by atoms with van der Waals surface area (Å²) < 4.78 is 5.45. The van der Waals surface area contributed by atoms with Crippen LogP contribution in [0.3, 0.4) is 0 Å². The van der Waals surface area contributed by atoms with Gasteiger partial charge in [0.15, 0.2) is 5.75 Å². The fraction of sp³-hybridized carbons (Fsp3) is 0.0909. The van der Waals surface area contributed by atoms with Crippen LogP contribution in [-0.2, 0) is 0 Å². The number of hydrogen-bond acceptors (Lipinski definition) is 4. The number of carbonyl (C=O) groups excluding carboxylic acids is 1.